The first-order chi connectivity index (χ1) is 11.0. The van der Waals surface area contributed by atoms with E-state index in [2.05, 4.69) is 28.2 Å². The standard InChI is InChI=1S/C18H15N3OS/c1-9-5-12(6-10(2)16(9)22)11-3-4-13-14(7-11)23-17-15(13)20-8-21-18(17)19/h3-8,22H,1-2H3,(H2,19,20,21). The third-order valence-electron chi connectivity index (χ3n) is 4.10. The number of nitrogens with zero attached hydrogens (tertiary/aromatic N) is 2. The van der Waals surface area contributed by atoms with Crippen molar-refractivity contribution in [1.29, 1.82) is 0 Å². The molecule has 4 rings (SSSR count). The van der Waals surface area contributed by atoms with Gasteiger partial charge in [0.1, 0.15) is 17.9 Å². The minimum Gasteiger partial charge on any atom is -0.507 e. The Hall–Kier alpha value is -2.66. The van der Waals surface area contributed by atoms with Gasteiger partial charge in [0.15, 0.2) is 0 Å². The predicted octanol–water partition coefficient (Wildman–Crippen LogP) is 4.42. The first-order valence-corrected chi connectivity index (χ1v) is 8.09. The molecule has 0 aliphatic heterocycles. The van der Waals surface area contributed by atoms with E-state index in [1.165, 1.54) is 6.33 Å². The lowest BCUT2D eigenvalue weighted by molar-refractivity contribution is 0.467. The Morgan fingerprint density at radius 2 is 1.74 bits per heavy atom. The van der Waals surface area contributed by atoms with E-state index >= 15 is 0 Å². The molecule has 0 unspecified atom stereocenters. The van der Waals surface area contributed by atoms with Crippen molar-refractivity contribution < 1.29 is 5.11 Å². The van der Waals surface area contributed by atoms with E-state index in [0.717, 1.165) is 42.6 Å². The lowest BCUT2D eigenvalue weighted by Gasteiger charge is -2.08. The molecule has 0 fully saturated rings. The van der Waals surface area contributed by atoms with Crippen LogP contribution >= 0.6 is 11.3 Å². The molecule has 0 atom stereocenters. The van der Waals surface area contributed by atoms with Crippen molar-refractivity contribution in [2.75, 3.05) is 5.73 Å². The summed E-state index contributed by atoms with van der Waals surface area (Å²) in [5.41, 5.74) is 10.8. The van der Waals surface area contributed by atoms with Crippen molar-refractivity contribution in [3.63, 3.8) is 0 Å². The van der Waals surface area contributed by atoms with E-state index in [9.17, 15) is 5.11 Å². The van der Waals surface area contributed by atoms with Crippen molar-refractivity contribution in [3.8, 4) is 16.9 Å². The third-order valence-corrected chi connectivity index (χ3v) is 5.27. The molecule has 5 heteroatoms. The number of hydrogen-bond acceptors (Lipinski definition) is 5. The first kappa shape index (κ1) is 14.0. The molecule has 3 N–H and O–H groups in total. The summed E-state index contributed by atoms with van der Waals surface area (Å²) < 4.78 is 2.06. The van der Waals surface area contributed by atoms with Crippen LogP contribution in [0, 0.1) is 13.8 Å². The minimum atomic E-state index is 0.361. The molecule has 0 amide bonds. The number of nitrogens with two attached hydrogens (primary N) is 1. The van der Waals surface area contributed by atoms with E-state index in [0.29, 0.717) is 11.6 Å². The molecule has 0 saturated heterocycles. The van der Waals surface area contributed by atoms with Gasteiger partial charge in [0.25, 0.3) is 0 Å². The van der Waals surface area contributed by atoms with Gasteiger partial charge < -0.3 is 10.8 Å². The molecular formula is C18H15N3OS. The number of anilines is 1. The fourth-order valence-corrected chi connectivity index (χ4v) is 3.99. The zero-order chi connectivity index (χ0) is 16.1. The molecule has 114 valence electrons. The van der Waals surface area contributed by atoms with Crippen molar-refractivity contribution in [2.24, 2.45) is 0 Å². The van der Waals surface area contributed by atoms with E-state index in [1.807, 2.05) is 26.0 Å². The Morgan fingerprint density at radius 3 is 2.48 bits per heavy atom. The number of thiophene rings is 1. The van der Waals surface area contributed by atoms with Gasteiger partial charge in [-0.2, -0.15) is 0 Å². The Morgan fingerprint density at radius 1 is 1.00 bits per heavy atom. The van der Waals surface area contributed by atoms with Crippen LogP contribution in [0.3, 0.4) is 0 Å². The molecule has 0 aliphatic rings. The zero-order valence-electron chi connectivity index (χ0n) is 12.8. The second kappa shape index (κ2) is 4.93. The molecular weight excluding hydrogens is 306 g/mol. The van der Waals surface area contributed by atoms with Crippen LogP contribution in [0.4, 0.5) is 5.82 Å². The SMILES string of the molecule is Cc1cc(-c2ccc3c(c2)sc2c(N)ncnc23)cc(C)c1O. The second-order valence-corrected chi connectivity index (χ2v) is 6.76. The van der Waals surface area contributed by atoms with Crippen molar-refractivity contribution in [1.82, 2.24) is 9.97 Å². The molecule has 0 bridgehead atoms. The lowest BCUT2D eigenvalue weighted by Crippen LogP contribution is -1.89. The number of aryl methyl sites for hydroxylation is 2. The summed E-state index contributed by atoms with van der Waals surface area (Å²) in [6, 6.07) is 10.3. The van der Waals surface area contributed by atoms with E-state index in [4.69, 9.17) is 5.73 Å². The lowest BCUT2D eigenvalue weighted by atomic mass is 9.99. The average molecular weight is 321 g/mol. The number of hydrogen-bond donors (Lipinski definition) is 2. The highest BCUT2D eigenvalue weighted by molar-refractivity contribution is 7.26. The molecule has 4 nitrogen and oxygen atoms in total. The maximum atomic E-state index is 9.95. The molecule has 2 aromatic heterocycles. The van der Waals surface area contributed by atoms with Gasteiger partial charge in [-0.05, 0) is 54.3 Å². The molecule has 0 spiro atoms. The van der Waals surface area contributed by atoms with Crippen LogP contribution in [0.15, 0.2) is 36.7 Å². The van der Waals surface area contributed by atoms with Crippen LogP contribution < -0.4 is 5.73 Å². The maximum Gasteiger partial charge on any atom is 0.144 e. The Balaban J connectivity index is 1.96. The van der Waals surface area contributed by atoms with E-state index < -0.39 is 0 Å². The predicted molar refractivity (Wildman–Crippen MR) is 95.9 cm³/mol. The normalized spacial score (nSPS) is 11.4. The smallest absolute Gasteiger partial charge is 0.144 e. The molecule has 2 heterocycles. The van der Waals surface area contributed by atoms with E-state index in [1.54, 1.807) is 11.3 Å². The van der Waals surface area contributed by atoms with Gasteiger partial charge in [0, 0.05) is 10.1 Å². The highest BCUT2D eigenvalue weighted by atomic mass is 32.1. The topological polar surface area (TPSA) is 72.0 Å². The highest BCUT2D eigenvalue weighted by Crippen LogP contribution is 2.38. The quantitative estimate of drug-likeness (QED) is 0.544. The zero-order valence-corrected chi connectivity index (χ0v) is 13.6. The molecule has 0 radical (unpaired) electrons. The number of rotatable bonds is 1. The van der Waals surface area contributed by atoms with Gasteiger partial charge in [-0.15, -0.1) is 11.3 Å². The number of phenols is 1. The van der Waals surface area contributed by atoms with Crippen molar-refractivity contribution in [2.45, 2.75) is 13.8 Å². The molecule has 4 aromatic rings. The van der Waals surface area contributed by atoms with E-state index in [-0.39, 0.29) is 0 Å². The fourth-order valence-electron chi connectivity index (χ4n) is 2.89. The largest absolute Gasteiger partial charge is 0.507 e. The van der Waals surface area contributed by atoms with Crippen LogP contribution in [0.5, 0.6) is 5.75 Å². The molecule has 2 aromatic carbocycles. The summed E-state index contributed by atoms with van der Waals surface area (Å²) >= 11 is 1.61. The van der Waals surface area contributed by atoms with Gasteiger partial charge in [-0.25, -0.2) is 9.97 Å². The van der Waals surface area contributed by atoms with Crippen LogP contribution in [-0.4, -0.2) is 15.1 Å². The molecule has 23 heavy (non-hydrogen) atoms. The number of aromatic hydroxyl groups is 1. The fraction of sp³-hybridized carbons (Fsp3) is 0.111. The second-order valence-electron chi connectivity index (χ2n) is 5.71. The van der Waals surface area contributed by atoms with Crippen molar-refractivity contribution in [3.05, 3.63) is 47.8 Å². The Bertz CT molecular complexity index is 1050. The summed E-state index contributed by atoms with van der Waals surface area (Å²) in [6.07, 6.45) is 1.50. The number of fused-ring (bicyclic) bond motifs is 3. The summed E-state index contributed by atoms with van der Waals surface area (Å²) in [5.74, 6) is 0.883. The average Bonchev–Trinajstić information content (AvgIpc) is 2.91. The third kappa shape index (κ3) is 2.12. The summed E-state index contributed by atoms with van der Waals surface area (Å²) in [5, 5.41) is 11.0. The van der Waals surface area contributed by atoms with Crippen LogP contribution in [0.25, 0.3) is 31.4 Å². The van der Waals surface area contributed by atoms with Gasteiger partial charge in [0.05, 0.1) is 10.2 Å². The molecule has 0 saturated carbocycles. The van der Waals surface area contributed by atoms with Crippen molar-refractivity contribution >= 4 is 37.5 Å². The monoisotopic (exact) mass is 321 g/mol. The maximum absolute atomic E-state index is 9.95. The van der Waals surface area contributed by atoms with Gasteiger partial charge in [-0.1, -0.05) is 12.1 Å². The van der Waals surface area contributed by atoms with Gasteiger partial charge >= 0.3 is 0 Å². The minimum absolute atomic E-state index is 0.361. The van der Waals surface area contributed by atoms with Gasteiger partial charge in [-0.3, -0.25) is 0 Å². The first-order valence-electron chi connectivity index (χ1n) is 7.28. The Labute approximate surface area is 137 Å². The summed E-state index contributed by atoms with van der Waals surface area (Å²) in [6.45, 7) is 3.83. The molecule has 0 aliphatic carbocycles. The number of phenolic OH excluding ortho intramolecular Hbond substituents is 1. The van der Waals surface area contributed by atoms with Crippen LogP contribution in [-0.2, 0) is 0 Å². The number of benzene rings is 2. The van der Waals surface area contributed by atoms with Gasteiger partial charge in [0.2, 0.25) is 0 Å². The Kier molecular flexibility index (Phi) is 2.99. The number of aromatic nitrogens is 2. The van der Waals surface area contributed by atoms with Crippen LogP contribution in [0.1, 0.15) is 11.1 Å². The highest BCUT2D eigenvalue weighted by Gasteiger charge is 2.11. The number of nitrogen functional groups attached to an aromatic ring is 1. The van der Waals surface area contributed by atoms with Crippen LogP contribution in [0.2, 0.25) is 0 Å². The summed E-state index contributed by atoms with van der Waals surface area (Å²) in [7, 11) is 0. The summed E-state index contributed by atoms with van der Waals surface area (Å²) in [4.78, 5) is 8.42.